The topological polar surface area (TPSA) is 70.2 Å². The third kappa shape index (κ3) is 1.95. The van der Waals surface area contributed by atoms with Crippen LogP contribution in [0.4, 0.5) is 0 Å². The van der Waals surface area contributed by atoms with Crippen molar-refractivity contribution in [3.05, 3.63) is 43.4 Å². The zero-order chi connectivity index (χ0) is 9.64. The van der Waals surface area contributed by atoms with Crippen LogP contribution < -0.4 is 0 Å². The smallest absolute Gasteiger partial charge is 0.180 e. The Morgan fingerprint density at radius 1 is 1.07 bits per heavy atom. The Bertz CT molecular complexity index is 423. The van der Waals surface area contributed by atoms with Crippen molar-refractivity contribution in [2.45, 2.75) is 0 Å². The molecule has 3 aromatic rings. The fourth-order valence-electron chi connectivity index (χ4n) is 0.969. The molecule has 0 atom stereocenters. The summed E-state index contributed by atoms with van der Waals surface area (Å²) in [6, 6.07) is 3.89. The highest BCUT2D eigenvalue weighted by Crippen LogP contribution is 1.99. The maximum atomic E-state index is 3.91. The van der Waals surface area contributed by atoms with E-state index in [-0.39, 0.29) is 0 Å². The largest absolute Gasteiger partial charge is 0.368 e. The first-order chi connectivity index (χ1) is 6.97. The molecule has 5 nitrogen and oxygen atoms in total. The zero-order valence-electron chi connectivity index (χ0n) is 7.38. The molecule has 0 aliphatic rings. The van der Waals surface area contributed by atoms with Gasteiger partial charge in [-0.05, 0) is 12.1 Å². The number of rotatable bonds is 0. The summed E-state index contributed by atoms with van der Waals surface area (Å²) in [7, 11) is 0. The summed E-state index contributed by atoms with van der Waals surface area (Å²) in [4.78, 5) is 17.3. The minimum atomic E-state index is 0.713. The number of fused-ring (bicyclic) bond motifs is 1. The molecule has 0 saturated heterocycles. The fraction of sp³-hybridized carbons (Fsp3) is 0. The third-order valence-electron chi connectivity index (χ3n) is 1.59. The Balaban J connectivity index is 0.000000128. The van der Waals surface area contributed by atoms with E-state index in [2.05, 4.69) is 24.9 Å². The Morgan fingerprint density at radius 3 is 2.57 bits per heavy atom. The molecule has 3 rings (SSSR count). The average Bonchev–Trinajstić information content (AvgIpc) is 2.92. The second-order valence-electron chi connectivity index (χ2n) is 2.55. The summed E-state index contributed by atoms with van der Waals surface area (Å²) in [5, 5.41) is 0. The Kier molecular flexibility index (Phi) is 2.51. The summed E-state index contributed by atoms with van der Waals surface area (Å²) < 4.78 is 0. The van der Waals surface area contributed by atoms with E-state index in [0.29, 0.717) is 5.65 Å². The second-order valence-corrected chi connectivity index (χ2v) is 2.55. The number of aromatic amines is 2. The van der Waals surface area contributed by atoms with Gasteiger partial charge in [0.1, 0.15) is 11.8 Å². The van der Waals surface area contributed by atoms with E-state index in [4.69, 9.17) is 0 Å². The van der Waals surface area contributed by atoms with Crippen LogP contribution in [0.3, 0.4) is 0 Å². The van der Waals surface area contributed by atoms with Crippen LogP contribution in [0.2, 0.25) is 0 Å². The van der Waals surface area contributed by atoms with Crippen molar-refractivity contribution in [3.63, 3.8) is 0 Å². The van der Waals surface area contributed by atoms with E-state index in [0.717, 1.165) is 5.52 Å². The molecule has 5 heteroatoms. The first-order valence-electron chi connectivity index (χ1n) is 4.13. The fourth-order valence-corrected chi connectivity index (χ4v) is 0.969. The van der Waals surface area contributed by atoms with Crippen molar-refractivity contribution >= 4 is 11.2 Å². The lowest BCUT2D eigenvalue weighted by Gasteiger charge is -1.80. The summed E-state index contributed by atoms with van der Waals surface area (Å²) in [6.45, 7) is 0. The predicted molar refractivity (Wildman–Crippen MR) is 52.5 cm³/mol. The van der Waals surface area contributed by atoms with E-state index in [9.17, 15) is 0 Å². The second kappa shape index (κ2) is 4.18. The molecule has 2 N–H and O–H groups in total. The maximum Gasteiger partial charge on any atom is 0.180 e. The molecule has 0 aliphatic heterocycles. The number of nitrogens with zero attached hydrogens (tertiary/aromatic N) is 3. The molecule has 0 aliphatic carbocycles. The van der Waals surface area contributed by atoms with Crippen LogP contribution in [0.1, 0.15) is 0 Å². The number of imidazole rings is 1. The first kappa shape index (κ1) is 8.43. The molecule has 0 fully saturated rings. The minimum Gasteiger partial charge on any atom is -0.368 e. The van der Waals surface area contributed by atoms with Gasteiger partial charge in [0.15, 0.2) is 5.65 Å². The molecule has 0 unspecified atom stereocenters. The van der Waals surface area contributed by atoms with Crippen LogP contribution in [0, 0.1) is 0 Å². The monoisotopic (exact) mass is 187 g/mol. The summed E-state index contributed by atoms with van der Waals surface area (Å²) in [6.07, 6.45) is 8.51. The quantitative estimate of drug-likeness (QED) is 0.558. The predicted octanol–water partition coefficient (Wildman–Crippen LogP) is 1.37. The number of H-pyrrole nitrogens is 2. The summed E-state index contributed by atoms with van der Waals surface area (Å²) in [5.74, 6) is 0. The zero-order valence-corrected chi connectivity index (χ0v) is 7.38. The Hall–Kier alpha value is -2.17. The van der Waals surface area contributed by atoms with Gasteiger partial charge in [-0.2, -0.15) is 0 Å². The minimum absolute atomic E-state index is 0.713. The van der Waals surface area contributed by atoms with E-state index in [1.54, 1.807) is 12.5 Å². The number of hydrogen-bond donors (Lipinski definition) is 2. The highest BCUT2D eigenvalue weighted by Gasteiger charge is 1.91. The molecule has 70 valence electrons. The van der Waals surface area contributed by atoms with Crippen molar-refractivity contribution in [3.8, 4) is 0 Å². The normalized spacial score (nSPS) is 9.43. The van der Waals surface area contributed by atoms with Crippen molar-refractivity contribution in [1.82, 2.24) is 24.9 Å². The highest BCUT2D eigenvalue weighted by molar-refractivity contribution is 5.67. The lowest BCUT2D eigenvalue weighted by atomic mass is 10.6. The van der Waals surface area contributed by atoms with E-state index < -0.39 is 0 Å². The SMILES string of the molecule is c1cc[nH]c1.c1ncc2[nH]cnc2n1. The standard InChI is InChI=1S/C5H4N4.C4H5N/c1-4-5(8-2-6-1)9-3-7-4;1-2-4-5-3-1/h1-3H,(H,6,7,8,9);1-5H. The summed E-state index contributed by atoms with van der Waals surface area (Å²) in [5.41, 5.74) is 1.59. The van der Waals surface area contributed by atoms with Gasteiger partial charge in [0, 0.05) is 12.4 Å². The Labute approximate surface area is 80.3 Å². The number of aromatic nitrogens is 5. The molecular formula is C9H9N5. The molecule has 0 amide bonds. The molecule has 0 bridgehead atoms. The lowest BCUT2D eigenvalue weighted by molar-refractivity contribution is 1.20. The number of nitrogens with one attached hydrogen (secondary N) is 2. The van der Waals surface area contributed by atoms with Crippen LogP contribution in [0.25, 0.3) is 11.2 Å². The molecule has 0 saturated carbocycles. The van der Waals surface area contributed by atoms with Gasteiger partial charge in [-0.3, -0.25) is 0 Å². The van der Waals surface area contributed by atoms with E-state index in [1.807, 2.05) is 24.5 Å². The van der Waals surface area contributed by atoms with Gasteiger partial charge in [-0.15, -0.1) is 0 Å². The first-order valence-corrected chi connectivity index (χ1v) is 4.13. The van der Waals surface area contributed by atoms with Gasteiger partial charge in [-0.25, -0.2) is 15.0 Å². The van der Waals surface area contributed by atoms with E-state index in [1.165, 1.54) is 6.33 Å². The van der Waals surface area contributed by atoms with Crippen LogP contribution >= 0.6 is 0 Å². The van der Waals surface area contributed by atoms with Crippen LogP contribution in [-0.4, -0.2) is 24.9 Å². The van der Waals surface area contributed by atoms with Crippen LogP contribution in [0.5, 0.6) is 0 Å². The third-order valence-corrected chi connectivity index (χ3v) is 1.59. The highest BCUT2D eigenvalue weighted by atomic mass is 15.0. The van der Waals surface area contributed by atoms with Gasteiger partial charge in [-0.1, -0.05) is 0 Å². The van der Waals surface area contributed by atoms with Crippen molar-refractivity contribution in [1.29, 1.82) is 0 Å². The average molecular weight is 187 g/mol. The Morgan fingerprint density at radius 2 is 1.93 bits per heavy atom. The van der Waals surface area contributed by atoms with Crippen LogP contribution in [0.15, 0.2) is 43.4 Å². The number of hydrogen-bond acceptors (Lipinski definition) is 3. The molecule has 3 heterocycles. The lowest BCUT2D eigenvalue weighted by Crippen LogP contribution is -1.76. The molecule has 0 radical (unpaired) electrons. The van der Waals surface area contributed by atoms with Gasteiger partial charge in [0.2, 0.25) is 0 Å². The molecule has 3 aromatic heterocycles. The van der Waals surface area contributed by atoms with Crippen molar-refractivity contribution < 1.29 is 0 Å². The molecule has 14 heavy (non-hydrogen) atoms. The van der Waals surface area contributed by atoms with Crippen molar-refractivity contribution in [2.24, 2.45) is 0 Å². The van der Waals surface area contributed by atoms with Crippen molar-refractivity contribution in [2.75, 3.05) is 0 Å². The van der Waals surface area contributed by atoms with E-state index >= 15 is 0 Å². The maximum absolute atomic E-state index is 3.91. The van der Waals surface area contributed by atoms with Gasteiger partial charge < -0.3 is 9.97 Å². The van der Waals surface area contributed by atoms with Gasteiger partial charge in [0.05, 0.1) is 12.5 Å². The molecule has 0 spiro atoms. The summed E-state index contributed by atoms with van der Waals surface area (Å²) >= 11 is 0. The van der Waals surface area contributed by atoms with Crippen LogP contribution in [-0.2, 0) is 0 Å². The molecule has 0 aromatic carbocycles. The van der Waals surface area contributed by atoms with Gasteiger partial charge >= 0.3 is 0 Å². The van der Waals surface area contributed by atoms with Gasteiger partial charge in [0.25, 0.3) is 0 Å². The molecular weight excluding hydrogens is 178 g/mol.